The fraction of sp³-hybridized carbons (Fsp3) is 0.100. The number of rotatable bonds is 4. The minimum atomic E-state index is 0.333. The number of nitrogens with two attached hydrogens (primary N) is 1. The summed E-state index contributed by atoms with van der Waals surface area (Å²) in [6, 6.07) is 0. The van der Waals surface area contributed by atoms with E-state index in [9.17, 15) is 0 Å². The fourth-order valence-electron chi connectivity index (χ4n) is 0.791. The van der Waals surface area contributed by atoms with Crippen LogP contribution in [-0.2, 0) is 0 Å². The van der Waals surface area contributed by atoms with Gasteiger partial charge in [0.15, 0.2) is 5.13 Å². The average molecular weight is 243 g/mol. The monoisotopic (exact) mass is 242 g/mol. The van der Waals surface area contributed by atoms with Gasteiger partial charge in [-0.3, -0.25) is 0 Å². The van der Waals surface area contributed by atoms with Crippen LogP contribution in [0.2, 0.25) is 0 Å². The summed E-state index contributed by atoms with van der Waals surface area (Å²) in [7, 11) is 0. The zero-order valence-electron chi connectivity index (χ0n) is 8.24. The highest BCUT2D eigenvalue weighted by atomic mass is 35.5. The highest BCUT2D eigenvalue weighted by molar-refractivity contribution is 7.17. The average Bonchev–Trinajstić information content (AvgIpc) is 2.58. The van der Waals surface area contributed by atoms with E-state index in [1.54, 1.807) is 12.3 Å². The lowest BCUT2D eigenvalue weighted by Crippen LogP contribution is -1.92. The maximum atomic E-state index is 5.77. The van der Waals surface area contributed by atoms with E-state index in [4.69, 9.17) is 22.1 Å². The van der Waals surface area contributed by atoms with E-state index in [0.29, 0.717) is 21.0 Å². The summed E-state index contributed by atoms with van der Waals surface area (Å²) >= 11 is 7.01. The molecule has 0 bridgehead atoms. The minimum absolute atomic E-state index is 0.333. The van der Waals surface area contributed by atoms with E-state index in [-0.39, 0.29) is 0 Å². The predicted octanol–water partition coefficient (Wildman–Crippen LogP) is 3.32. The van der Waals surface area contributed by atoms with Gasteiger partial charge >= 0.3 is 0 Å². The first-order valence-electron chi connectivity index (χ1n) is 4.20. The SMILES string of the molecule is C=C(Cl)/C(=C\C=C/C)Oc1cnc(N)s1. The Hall–Kier alpha value is -1.26. The highest BCUT2D eigenvalue weighted by Crippen LogP contribution is 2.27. The summed E-state index contributed by atoms with van der Waals surface area (Å²) in [5.41, 5.74) is 5.47. The third-order valence-corrected chi connectivity index (χ3v) is 2.31. The summed E-state index contributed by atoms with van der Waals surface area (Å²) < 4.78 is 5.45. The second-order valence-corrected chi connectivity index (χ2v) is 4.06. The van der Waals surface area contributed by atoms with Crippen molar-refractivity contribution >= 4 is 28.1 Å². The Morgan fingerprint density at radius 1 is 1.73 bits per heavy atom. The van der Waals surface area contributed by atoms with Gasteiger partial charge in [-0.15, -0.1) is 0 Å². The first-order chi connectivity index (χ1) is 7.13. The lowest BCUT2D eigenvalue weighted by molar-refractivity contribution is 0.453. The minimum Gasteiger partial charge on any atom is -0.443 e. The van der Waals surface area contributed by atoms with Crippen LogP contribution in [0, 0.1) is 0 Å². The quantitative estimate of drug-likeness (QED) is 0.651. The Morgan fingerprint density at radius 2 is 2.47 bits per heavy atom. The molecule has 0 aliphatic rings. The summed E-state index contributed by atoms with van der Waals surface area (Å²) in [6.45, 7) is 5.50. The third-order valence-electron chi connectivity index (χ3n) is 1.42. The molecule has 0 aliphatic heterocycles. The molecule has 0 aromatic carbocycles. The van der Waals surface area contributed by atoms with Crippen LogP contribution < -0.4 is 10.5 Å². The fourth-order valence-corrected chi connectivity index (χ4v) is 1.44. The summed E-state index contributed by atoms with van der Waals surface area (Å²) in [5, 5.41) is 1.38. The molecule has 15 heavy (non-hydrogen) atoms. The summed E-state index contributed by atoms with van der Waals surface area (Å²) in [6.07, 6.45) is 6.95. The molecule has 0 unspecified atom stereocenters. The molecule has 0 fully saturated rings. The Bertz CT molecular complexity index is 409. The molecule has 0 spiro atoms. The molecule has 0 radical (unpaired) electrons. The number of hydrogen-bond acceptors (Lipinski definition) is 4. The van der Waals surface area contributed by atoms with Crippen molar-refractivity contribution in [3.05, 3.63) is 41.8 Å². The zero-order valence-corrected chi connectivity index (χ0v) is 9.81. The molecule has 80 valence electrons. The van der Waals surface area contributed by atoms with Crippen LogP contribution in [0.25, 0.3) is 0 Å². The van der Waals surface area contributed by atoms with Gasteiger partial charge in [0.25, 0.3) is 0 Å². The summed E-state index contributed by atoms with van der Waals surface area (Å²) in [5.74, 6) is 0.485. The molecule has 0 aliphatic carbocycles. The Balaban J connectivity index is 2.80. The smallest absolute Gasteiger partial charge is 0.202 e. The number of nitrogen functional groups attached to an aromatic ring is 1. The largest absolute Gasteiger partial charge is 0.443 e. The van der Waals surface area contributed by atoms with Crippen LogP contribution in [0.15, 0.2) is 41.8 Å². The molecule has 0 saturated heterocycles. The van der Waals surface area contributed by atoms with Crippen molar-refractivity contribution in [3.8, 4) is 5.06 Å². The van der Waals surface area contributed by atoms with Crippen LogP contribution in [0.3, 0.4) is 0 Å². The Morgan fingerprint density at radius 3 is 2.93 bits per heavy atom. The molecular weight excluding hydrogens is 232 g/mol. The van der Waals surface area contributed by atoms with E-state index in [1.165, 1.54) is 11.3 Å². The van der Waals surface area contributed by atoms with Crippen molar-refractivity contribution in [1.82, 2.24) is 4.98 Å². The van der Waals surface area contributed by atoms with Gasteiger partial charge in [0.1, 0.15) is 5.76 Å². The van der Waals surface area contributed by atoms with Crippen molar-refractivity contribution in [1.29, 1.82) is 0 Å². The molecule has 1 rings (SSSR count). The molecule has 3 nitrogen and oxygen atoms in total. The highest BCUT2D eigenvalue weighted by Gasteiger charge is 2.05. The molecule has 1 aromatic rings. The number of nitrogens with zero attached hydrogens (tertiary/aromatic N) is 1. The number of anilines is 1. The van der Waals surface area contributed by atoms with E-state index < -0.39 is 0 Å². The lowest BCUT2D eigenvalue weighted by Gasteiger charge is -2.04. The van der Waals surface area contributed by atoms with Crippen molar-refractivity contribution in [2.75, 3.05) is 5.73 Å². The standard InChI is InChI=1S/C10H11ClN2OS/c1-3-4-5-8(7(2)11)14-9-6-13-10(12)15-9/h3-6H,2H2,1H3,(H2,12,13)/b4-3-,8-5+. The third kappa shape index (κ3) is 3.77. The van der Waals surface area contributed by atoms with Crippen LogP contribution in [0.1, 0.15) is 6.92 Å². The molecule has 5 heteroatoms. The van der Waals surface area contributed by atoms with Gasteiger partial charge < -0.3 is 10.5 Å². The number of allylic oxidation sites excluding steroid dienone is 4. The van der Waals surface area contributed by atoms with Gasteiger partial charge in [-0.1, -0.05) is 41.7 Å². The van der Waals surface area contributed by atoms with Gasteiger partial charge in [-0.05, 0) is 13.0 Å². The van der Waals surface area contributed by atoms with Crippen molar-refractivity contribution in [2.45, 2.75) is 6.92 Å². The molecule has 1 heterocycles. The van der Waals surface area contributed by atoms with E-state index in [1.807, 2.05) is 19.1 Å². The lowest BCUT2D eigenvalue weighted by atomic mass is 10.4. The van der Waals surface area contributed by atoms with Crippen LogP contribution in [0.4, 0.5) is 5.13 Å². The first-order valence-corrected chi connectivity index (χ1v) is 5.40. The second-order valence-electron chi connectivity index (χ2n) is 2.58. The summed E-state index contributed by atoms with van der Waals surface area (Å²) in [4.78, 5) is 3.86. The number of aromatic nitrogens is 1. The van der Waals surface area contributed by atoms with Crippen molar-refractivity contribution < 1.29 is 4.74 Å². The topological polar surface area (TPSA) is 48.1 Å². The van der Waals surface area contributed by atoms with Gasteiger partial charge in [0.2, 0.25) is 5.06 Å². The van der Waals surface area contributed by atoms with Crippen LogP contribution in [-0.4, -0.2) is 4.98 Å². The normalized spacial score (nSPS) is 12.0. The van der Waals surface area contributed by atoms with Crippen molar-refractivity contribution in [3.63, 3.8) is 0 Å². The molecular formula is C10H11ClN2OS. The predicted molar refractivity (Wildman–Crippen MR) is 65.0 cm³/mol. The maximum absolute atomic E-state index is 5.77. The zero-order chi connectivity index (χ0) is 11.3. The van der Waals surface area contributed by atoms with Crippen LogP contribution in [0.5, 0.6) is 5.06 Å². The number of halogens is 1. The Labute approximate surface area is 97.5 Å². The Kier molecular flexibility index (Phi) is 4.39. The van der Waals surface area contributed by atoms with E-state index in [2.05, 4.69) is 11.6 Å². The van der Waals surface area contributed by atoms with Gasteiger partial charge in [-0.2, -0.15) is 0 Å². The molecule has 2 N–H and O–H groups in total. The number of ether oxygens (including phenoxy) is 1. The number of thiazole rings is 1. The van der Waals surface area contributed by atoms with E-state index in [0.717, 1.165) is 0 Å². The molecule has 1 aromatic heterocycles. The molecule has 0 saturated carbocycles. The maximum Gasteiger partial charge on any atom is 0.202 e. The van der Waals surface area contributed by atoms with Gasteiger partial charge in [0, 0.05) is 0 Å². The van der Waals surface area contributed by atoms with Gasteiger partial charge in [0.05, 0.1) is 11.2 Å². The molecule has 0 atom stereocenters. The number of hydrogen-bond donors (Lipinski definition) is 1. The first kappa shape index (κ1) is 11.8. The second kappa shape index (κ2) is 5.58. The van der Waals surface area contributed by atoms with Gasteiger partial charge in [-0.25, -0.2) is 4.98 Å². The van der Waals surface area contributed by atoms with Crippen LogP contribution >= 0.6 is 22.9 Å². The van der Waals surface area contributed by atoms with E-state index >= 15 is 0 Å². The van der Waals surface area contributed by atoms with Crippen molar-refractivity contribution in [2.24, 2.45) is 0 Å². The molecule has 0 amide bonds.